The molecule has 1 unspecified atom stereocenters. The molecular weight excluding hydrogens is 154 g/mol. The third kappa shape index (κ3) is 6.16. The lowest BCUT2D eigenvalue weighted by atomic mass is 10.3. The molecule has 0 rings (SSSR count). The summed E-state index contributed by atoms with van der Waals surface area (Å²) in [5.74, 6) is -0.166. The quantitative estimate of drug-likeness (QED) is 0.509. The molecule has 0 aromatic heterocycles. The third-order valence-corrected chi connectivity index (χ3v) is 1.53. The molecule has 0 aromatic rings. The maximum absolute atomic E-state index is 11.0. The van der Waals surface area contributed by atoms with Crippen molar-refractivity contribution in [2.24, 2.45) is 0 Å². The molecule has 1 atom stereocenters. The molecule has 0 bridgehead atoms. The van der Waals surface area contributed by atoms with E-state index < -0.39 is 0 Å². The molecule has 0 heterocycles. The standard InChI is InChI=1S/C8H17NO2.CH4/c1-4-5-6-11-8(10)7(2)9-3;/h7,9H,4-6H2,1-3H3;1H4. The number of nitrogens with one attached hydrogen (secondary N) is 1. The van der Waals surface area contributed by atoms with E-state index in [4.69, 9.17) is 4.74 Å². The Labute approximate surface area is 75.5 Å². The SMILES string of the molecule is C.CCCCOC(=O)C(C)NC. The Bertz CT molecular complexity index is 115. The van der Waals surface area contributed by atoms with Crippen molar-refractivity contribution in [2.75, 3.05) is 13.7 Å². The van der Waals surface area contributed by atoms with Gasteiger partial charge in [-0.25, -0.2) is 0 Å². The van der Waals surface area contributed by atoms with Crippen LogP contribution in [0.3, 0.4) is 0 Å². The first-order valence-corrected chi connectivity index (χ1v) is 4.06. The van der Waals surface area contributed by atoms with Crippen LogP contribution in [0.25, 0.3) is 0 Å². The summed E-state index contributed by atoms with van der Waals surface area (Å²) in [5.41, 5.74) is 0. The van der Waals surface area contributed by atoms with Crippen molar-refractivity contribution in [3.8, 4) is 0 Å². The number of hydrogen-bond acceptors (Lipinski definition) is 3. The van der Waals surface area contributed by atoms with Gasteiger partial charge in [-0.05, 0) is 20.4 Å². The first-order chi connectivity index (χ1) is 5.22. The van der Waals surface area contributed by atoms with Crippen molar-refractivity contribution in [3.63, 3.8) is 0 Å². The molecule has 12 heavy (non-hydrogen) atoms. The van der Waals surface area contributed by atoms with Crippen molar-refractivity contribution in [1.82, 2.24) is 5.32 Å². The summed E-state index contributed by atoms with van der Waals surface area (Å²) in [6, 6.07) is -0.188. The van der Waals surface area contributed by atoms with Gasteiger partial charge >= 0.3 is 5.97 Å². The van der Waals surface area contributed by atoms with Gasteiger partial charge < -0.3 is 10.1 Å². The van der Waals surface area contributed by atoms with Gasteiger partial charge in [0.15, 0.2) is 0 Å². The molecule has 3 nitrogen and oxygen atoms in total. The van der Waals surface area contributed by atoms with Gasteiger partial charge in [-0.1, -0.05) is 20.8 Å². The summed E-state index contributed by atoms with van der Waals surface area (Å²) in [4.78, 5) is 11.0. The Hall–Kier alpha value is -0.570. The zero-order valence-corrected chi connectivity index (χ0v) is 7.52. The van der Waals surface area contributed by atoms with Crippen molar-refractivity contribution >= 4 is 5.97 Å². The maximum atomic E-state index is 11.0. The summed E-state index contributed by atoms with van der Waals surface area (Å²) < 4.78 is 4.93. The molecule has 0 fully saturated rings. The van der Waals surface area contributed by atoms with Crippen LogP contribution in [0.15, 0.2) is 0 Å². The topological polar surface area (TPSA) is 38.3 Å². The van der Waals surface area contributed by atoms with Crippen LogP contribution in [0.2, 0.25) is 0 Å². The van der Waals surface area contributed by atoms with Gasteiger partial charge in [0.25, 0.3) is 0 Å². The van der Waals surface area contributed by atoms with E-state index >= 15 is 0 Å². The highest BCUT2D eigenvalue weighted by Gasteiger charge is 2.10. The average Bonchev–Trinajstić information content (AvgIpc) is 2.03. The highest BCUT2D eigenvalue weighted by Crippen LogP contribution is 1.91. The van der Waals surface area contributed by atoms with Gasteiger partial charge in [-0.2, -0.15) is 0 Å². The summed E-state index contributed by atoms with van der Waals surface area (Å²) in [5, 5.41) is 2.82. The largest absolute Gasteiger partial charge is 0.465 e. The summed E-state index contributed by atoms with van der Waals surface area (Å²) in [6.07, 6.45) is 2.00. The average molecular weight is 175 g/mol. The minimum atomic E-state index is -0.188. The Morgan fingerprint density at radius 1 is 1.58 bits per heavy atom. The third-order valence-electron chi connectivity index (χ3n) is 1.53. The summed E-state index contributed by atoms with van der Waals surface area (Å²) >= 11 is 0. The van der Waals surface area contributed by atoms with E-state index in [2.05, 4.69) is 12.2 Å². The van der Waals surface area contributed by atoms with Gasteiger partial charge in [0, 0.05) is 0 Å². The zero-order valence-electron chi connectivity index (χ0n) is 7.52. The van der Waals surface area contributed by atoms with E-state index in [0.29, 0.717) is 6.61 Å². The molecular formula is C9H21NO2. The van der Waals surface area contributed by atoms with Crippen LogP contribution in [0.4, 0.5) is 0 Å². The summed E-state index contributed by atoms with van der Waals surface area (Å²) in [7, 11) is 1.74. The van der Waals surface area contributed by atoms with Crippen LogP contribution in [0, 0.1) is 0 Å². The number of rotatable bonds is 5. The van der Waals surface area contributed by atoms with Gasteiger partial charge in [0.05, 0.1) is 6.61 Å². The molecule has 0 saturated carbocycles. The second-order valence-electron chi connectivity index (χ2n) is 2.53. The highest BCUT2D eigenvalue weighted by molar-refractivity contribution is 5.75. The van der Waals surface area contributed by atoms with Crippen molar-refractivity contribution in [1.29, 1.82) is 0 Å². The van der Waals surface area contributed by atoms with E-state index in [-0.39, 0.29) is 19.4 Å². The number of carbonyl (C=O) groups excluding carboxylic acids is 1. The van der Waals surface area contributed by atoms with Gasteiger partial charge in [-0.15, -0.1) is 0 Å². The van der Waals surface area contributed by atoms with E-state index in [0.717, 1.165) is 12.8 Å². The van der Waals surface area contributed by atoms with Crippen LogP contribution < -0.4 is 5.32 Å². The van der Waals surface area contributed by atoms with Crippen LogP contribution in [0.5, 0.6) is 0 Å². The van der Waals surface area contributed by atoms with Gasteiger partial charge in [-0.3, -0.25) is 4.79 Å². The number of carbonyl (C=O) groups is 1. The maximum Gasteiger partial charge on any atom is 0.322 e. The zero-order chi connectivity index (χ0) is 8.69. The van der Waals surface area contributed by atoms with Crippen LogP contribution >= 0.6 is 0 Å². The van der Waals surface area contributed by atoms with Gasteiger partial charge in [0.1, 0.15) is 6.04 Å². The minimum absolute atomic E-state index is 0. The number of esters is 1. The molecule has 0 aliphatic heterocycles. The van der Waals surface area contributed by atoms with E-state index in [1.54, 1.807) is 14.0 Å². The van der Waals surface area contributed by atoms with Crippen LogP contribution in [-0.2, 0) is 9.53 Å². The lowest BCUT2D eigenvalue weighted by Crippen LogP contribution is -2.32. The fraction of sp³-hybridized carbons (Fsp3) is 0.889. The normalized spacial score (nSPS) is 11.6. The van der Waals surface area contributed by atoms with Crippen LogP contribution in [0.1, 0.15) is 34.1 Å². The Morgan fingerprint density at radius 3 is 2.58 bits per heavy atom. The van der Waals surface area contributed by atoms with E-state index in [1.165, 1.54) is 0 Å². The molecule has 0 amide bonds. The molecule has 0 radical (unpaired) electrons. The van der Waals surface area contributed by atoms with Crippen molar-refractivity contribution < 1.29 is 9.53 Å². The molecule has 0 aliphatic rings. The smallest absolute Gasteiger partial charge is 0.322 e. The highest BCUT2D eigenvalue weighted by atomic mass is 16.5. The monoisotopic (exact) mass is 175 g/mol. The Morgan fingerprint density at radius 2 is 2.17 bits per heavy atom. The van der Waals surface area contributed by atoms with E-state index in [1.807, 2.05) is 0 Å². The molecule has 74 valence electrons. The lowest BCUT2D eigenvalue weighted by molar-refractivity contribution is -0.145. The second-order valence-corrected chi connectivity index (χ2v) is 2.53. The van der Waals surface area contributed by atoms with Crippen molar-refractivity contribution in [2.45, 2.75) is 40.2 Å². The predicted molar refractivity (Wildman–Crippen MR) is 51.1 cm³/mol. The molecule has 0 aliphatic carbocycles. The number of likely N-dealkylation sites (N-methyl/N-ethyl adjacent to an activating group) is 1. The fourth-order valence-electron chi connectivity index (χ4n) is 0.560. The first-order valence-electron chi connectivity index (χ1n) is 4.06. The Balaban J connectivity index is 0. The summed E-state index contributed by atoms with van der Waals surface area (Å²) in [6.45, 7) is 4.39. The molecule has 3 heteroatoms. The van der Waals surface area contributed by atoms with Crippen LogP contribution in [-0.4, -0.2) is 25.7 Å². The second kappa shape index (κ2) is 8.53. The molecule has 0 spiro atoms. The number of ether oxygens (including phenoxy) is 1. The molecule has 0 saturated heterocycles. The fourth-order valence-corrected chi connectivity index (χ4v) is 0.560. The van der Waals surface area contributed by atoms with Gasteiger partial charge in [0.2, 0.25) is 0 Å². The van der Waals surface area contributed by atoms with Crippen molar-refractivity contribution in [3.05, 3.63) is 0 Å². The molecule has 1 N–H and O–H groups in total. The Kier molecular flexibility index (Phi) is 9.93. The predicted octanol–water partition coefficient (Wildman–Crippen LogP) is 1.57. The minimum Gasteiger partial charge on any atom is -0.465 e. The first kappa shape index (κ1) is 14.0. The lowest BCUT2D eigenvalue weighted by Gasteiger charge is -2.09. The number of unbranched alkanes of at least 4 members (excludes halogenated alkanes) is 1. The number of hydrogen-bond donors (Lipinski definition) is 1. The molecule has 0 aromatic carbocycles. The van der Waals surface area contributed by atoms with E-state index in [9.17, 15) is 4.79 Å².